The minimum atomic E-state index is -0.467. The van der Waals surface area contributed by atoms with E-state index in [-0.39, 0.29) is 11.6 Å². The summed E-state index contributed by atoms with van der Waals surface area (Å²) in [5.74, 6) is -0.235. The van der Waals surface area contributed by atoms with E-state index in [0.717, 1.165) is 0 Å². The summed E-state index contributed by atoms with van der Waals surface area (Å²) in [5, 5.41) is 11.3. The number of nitrogens with one attached hydrogen (secondary N) is 1. The fourth-order valence-corrected chi connectivity index (χ4v) is 2.35. The molecule has 1 N–H and O–H groups in total. The van der Waals surface area contributed by atoms with Gasteiger partial charge < -0.3 is 15.0 Å². The molecule has 132 valence electrons. The number of carbonyl (C=O) groups is 2. The van der Waals surface area contributed by atoms with Crippen LogP contribution in [-0.4, -0.2) is 47.2 Å². The van der Waals surface area contributed by atoms with Crippen LogP contribution in [-0.2, 0) is 4.74 Å². The van der Waals surface area contributed by atoms with Gasteiger partial charge in [0.15, 0.2) is 11.5 Å². The van der Waals surface area contributed by atoms with E-state index in [0.29, 0.717) is 35.2 Å². The molecule has 0 atom stereocenters. The molecule has 0 unspecified atom stereocenters. The Balaban J connectivity index is 2.19. The summed E-state index contributed by atoms with van der Waals surface area (Å²) in [7, 11) is 1.31. The average molecular weight is 363 g/mol. The normalized spacial score (nSPS) is 10.2. The molecule has 2 aromatic rings. The number of amides is 1. The van der Waals surface area contributed by atoms with E-state index >= 15 is 0 Å². The first-order chi connectivity index (χ1) is 12.0. The zero-order valence-electron chi connectivity index (χ0n) is 14.2. The third-order valence-electron chi connectivity index (χ3n) is 3.58. The van der Waals surface area contributed by atoms with Crippen molar-refractivity contribution < 1.29 is 14.3 Å². The van der Waals surface area contributed by atoms with Gasteiger partial charge in [0.1, 0.15) is 0 Å². The Bertz CT molecular complexity index is 761. The highest BCUT2D eigenvalue weighted by atomic mass is 35.5. The fourth-order valence-electron chi connectivity index (χ4n) is 2.19. The molecular formula is C17H19ClN4O3. The van der Waals surface area contributed by atoms with Gasteiger partial charge in [0.25, 0.3) is 5.91 Å². The molecule has 0 bridgehead atoms. The van der Waals surface area contributed by atoms with Gasteiger partial charge in [-0.15, -0.1) is 10.2 Å². The molecule has 0 spiro atoms. The molecule has 0 saturated carbocycles. The largest absolute Gasteiger partial charge is 0.465 e. The fraction of sp³-hybridized carbons (Fsp3) is 0.294. The van der Waals surface area contributed by atoms with E-state index in [1.54, 1.807) is 35.2 Å². The first-order valence-electron chi connectivity index (χ1n) is 7.78. The number of rotatable bonds is 6. The summed E-state index contributed by atoms with van der Waals surface area (Å²) in [6, 6.07) is 7.93. The van der Waals surface area contributed by atoms with Crippen LogP contribution in [0, 0.1) is 0 Å². The lowest BCUT2D eigenvalue weighted by Crippen LogP contribution is -2.31. The smallest absolute Gasteiger partial charge is 0.337 e. The molecule has 1 amide bonds. The van der Waals surface area contributed by atoms with Gasteiger partial charge in [0.2, 0.25) is 0 Å². The average Bonchev–Trinajstić information content (AvgIpc) is 2.64. The molecule has 0 saturated heterocycles. The van der Waals surface area contributed by atoms with Crippen molar-refractivity contribution in [3.63, 3.8) is 0 Å². The number of benzene rings is 1. The van der Waals surface area contributed by atoms with Crippen LogP contribution in [0.2, 0.25) is 5.02 Å². The standard InChI is InChI=1S/C17H19ClN4O3/c1-4-22(5-2)16(23)13-8-9-15(21-20-13)19-14-10-11(17(24)25-3)6-7-12(14)18/h6-10H,4-5H2,1-3H3,(H,19,21). The summed E-state index contributed by atoms with van der Waals surface area (Å²) in [4.78, 5) is 25.5. The molecule has 2 rings (SSSR count). The highest BCUT2D eigenvalue weighted by Gasteiger charge is 2.15. The zero-order valence-corrected chi connectivity index (χ0v) is 15.0. The predicted molar refractivity (Wildman–Crippen MR) is 95.4 cm³/mol. The summed E-state index contributed by atoms with van der Waals surface area (Å²) in [6.07, 6.45) is 0. The van der Waals surface area contributed by atoms with E-state index in [1.165, 1.54) is 7.11 Å². The monoisotopic (exact) mass is 362 g/mol. The van der Waals surface area contributed by atoms with Crippen molar-refractivity contribution in [2.24, 2.45) is 0 Å². The van der Waals surface area contributed by atoms with Crippen molar-refractivity contribution in [3.8, 4) is 0 Å². The van der Waals surface area contributed by atoms with Crippen LogP contribution in [0.3, 0.4) is 0 Å². The van der Waals surface area contributed by atoms with Crippen molar-refractivity contribution in [3.05, 3.63) is 46.6 Å². The van der Waals surface area contributed by atoms with Crippen molar-refractivity contribution in [1.82, 2.24) is 15.1 Å². The molecule has 1 aromatic heterocycles. The maximum Gasteiger partial charge on any atom is 0.337 e. The van der Waals surface area contributed by atoms with Gasteiger partial charge in [0, 0.05) is 13.1 Å². The van der Waals surface area contributed by atoms with Gasteiger partial charge in [0.05, 0.1) is 23.4 Å². The molecular weight excluding hydrogens is 344 g/mol. The number of methoxy groups -OCH3 is 1. The number of carbonyl (C=O) groups excluding carboxylic acids is 2. The second kappa shape index (κ2) is 8.43. The number of hydrogen-bond acceptors (Lipinski definition) is 6. The number of anilines is 2. The minimum Gasteiger partial charge on any atom is -0.465 e. The predicted octanol–water partition coefficient (Wildman–Crippen LogP) is 3.14. The molecule has 0 radical (unpaired) electrons. The second-order valence-electron chi connectivity index (χ2n) is 5.09. The third-order valence-corrected chi connectivity index (χ3v) is 3.91. The van der Waals surface area contributed by atoms with Crippen molar-refractivity contribution in [1.29, 1.82) is 0 Å². The first kappa shape index (κ1) is 18.7. The van der Waals surface area contributed by atoms with E-state index in [1.807, 2.05) is 13.8 Å². The van der Waals surface area contributed by atoms with E-state index in [2.05, 4.69) is 20.3 Å². The number of halogens is 1. The quantitative estimate of drug-likeness (QED) is 0.795. The lowest BCUT2D eigenvalue weighted by molar-refractivity contribution is 0.0600. The van der Waals surface area contributed by atoms with Crippen LogP contribution in [0.25, 0.3) is 0 Å². The Labute approximate surface area is 151 Å². The lowest BCUT2D eigenvalue weighted by atomic mass is 10.2. The van der Waals surface area contributed by atoms with Crippen LogP contribution >= 0.6 is 11.6 Å². The number of aromatic nitrogens is 2. The summed E-state index contributed by atoms with van der Waals surface area (Å²) in [5.41, 5.74) is 1.11. The van der Waals surface area contributed by atoms with E-state index < -0.39 is 5.97 Å². The SMILES string of the molecule is CCN(CC)C(=O)c1ccc(Nc2cc(C(=O)OC)ccc2Cl)nn1. The van der Waals surface area contributed by atoms with Crippen molar-refractivity contribution in [2.75, 3.05) is 25.5 Å². The van der Waals surface area contributed by atoms with Gasteiger partial charge in [-0.1, -0.05) is 11.6 Å². The van der Waals surface area contributed by atoms with Crippen molar-refractivity contribution >= 4 is 35.0 Å². The minimum absolute atomic E-state index is 0.172. The Morgan fingerprint density at radius 1 is 1.16 bits per heavy atom. The van der Waals surface area contributed by atoms with Gasteiger partial charge in [-0.05, 0) is 44.2 Å². The Morgan fingerprint density at radius 2 is 1.88 bits per heavy atom. The lowest BCUT2D eigenvalue weighted by Gasteiger charge is -2.17. The Morgan fingerprint density at radius 3 is 2.44 bits per heavy atom. The molecule has 0 aliphatic heterocycles. The Hall–Kier alpha value is -2.67. The van der Waals surface area contributed by atoms with Crippen LogP contribution in [0.1, 0.15) is 34.7 Å². The van der Waals surface area contributed by atoms with Gasteiger partial charge in [-0.2, -0.15) is 0 Å². The van der Waals surface area contributed by atoms with E-state index in [9.17, 15) is 9.59 Å². The summed E-state index contributed by atoms with van der Waals surface area (Å²) >= 11 is 6.13. The molecule has 8 heteroatoms. The third kappa shape index (κ3) is 4.45. The highest BCUT2D eigenvalue weighted by Crippen LogP contribution is 2.26. The van der Waals surface area contributed by atoms with Crippen molar-refractivity contribution in [2.45, 2.75) is 13.8 Å². The number of nitrogens with zero attached hydrogens (tertiary/aromatic N) is 3. The molecule has 0 fully saturated rings. The molecule has 0 aliphatic rings. The van der Waals surface area contributed by atoms with Crippen LogP contribution in [0.15, 0.2) is 30.3 Å². The first-order valence-corrected chi connectivity index (χ1v) is 8.15. The molecule has 7 nitrogen and oxygen atoms in total. The second-order valence-corrected chi connectivity index (χ2v) is 5.50. The van der Waals surface area contributed by atoms with E-state index in [4.69, 9.17) is 11.6 Å². The molecule has 1 aromatic carbocycles. The molecule has 25 heavy (non-hydrogen) atoms. The summed E-state index contributed by atoms with van der Waals surface area (Å²) in [6.45, 7) is 5.02. The maximum atomic E-state index is 12.2. The summed E-state index contributed by atoms with van der Waals surface area (Å²) < 4.78 is 4.69. The maximum absolute atomic E-state index is 12.2. The number of esters is 1. The van der Waals surface area contributed by atoms with Gasteiger partial charge in [-0.25, -0.2) is 4.79 Å². The topological polar surface area (TPSA) is 84.4 Å². The number of ether oxygens (including phenoxy) is 1. The number of hydrogen-bond donors (Lipinski definition) is 1. The van der Waals surface area contributed by atoms with Crippen LogP contribution < -0.4 is 5.32 Å². The van der Waals surface area contributed by atoms with Crippen LogP contribution in [0.5, 0.6) is 0 Å². The van der Waals surface area contributed by atoms with Crippen LogP contribution in [0.4, 0.5) is 11.5 Å². The molecule has 0 aliphatic carbocycles. The Kier molecular flexibility index (Phi) is 6.30. The van der Waals surface area contributed by atoms with Gasteiger partial charge >= 0.3 is 5.97 Å². The highest BCUT2D eigenvalue weighted by molar-refractivity contribution is 6.33. The molecule has 1 heterocycles. The van der Waals surface area contributed by atoms with Gasteiger partial charge in [-0.3, -0.25) is 4.79 Å². The zero-order chi connectivity index (χ0) is 18.4.